The number of nitrogens with zero attached hydrogens (tertiary/aromatic N) is 3. The van der Waals surface area contributed by atoms with Crippen molar-refractivity contribution < 1.29 is 0 Å². The summed E-state index contributed by atoms with van der Waals surface area (Å²) >= 11 is 6.14. The molecule has 5 nitrogen and oxygen atoms in total. The van der Waals surface area contributed by atoms with Crippen molar-refractivity contribution >= 4 is 17.3 Å². The first-order chi connectivity index (χ1) is 10.1. The van der Waals surface area contributed by atoms with Crippen molar-refractivity contribution in [3.8, 4) is 0 Å². The van der Waals surface area contributed by atoms with Gasteiger partial charge in [0.1, 0.15) is 5.02 Å². The van der Waals surface area contributed by atoms with Crippen molar-refractivity contribution in [2.24, 2.45) is 5.92 Å². The molecule has 0 bridgehead atoms. The number of hydrogen-bond acceptors (Lipinski definition) is 4. The van der Waals surface area contributed by atoms with Crippen LogP contribution in [-0.2, 0) is 6.54 Å². The summed E-state index contributed by atoms with van der Waals surface area (Å²) in [5, 5.41) is 7.66. The number of hydrogen-bond donors (Lipinski definition) is 1. The summed E-state index contributed by atoms with van der Waals surface area (Å²) in [6.07, 6.45) is 5.14. The van der Waals surface area contributed by atoms with E-state index < -0.39 is 0 Å². The van der Waals surface area contributed by atoms with E-state index in [9.17, 15) is 4.79 Å². The number of likely N-dealkylation sites (tertiary alicyclic amines) is 1. The molecular formula is C15H25ClN4O. The summed E-state index contributed by atoms with van der Waals surface area (Å²) in [6, 6.07) is 0. The van der Waals surface area contributed by atoms with E-state index in [1.54, 1.807) is 6.20 Å². The van der Waals surface area contributed by atoms with Gasteiger partial charge in [-0.1, -0.05) is 25.4 Å². The van der Waals surface area contributed by atoms with Crippen molar-refractivity contribution in [1.29, 1.82) is 0 Å². The van der Waals surface area contributed by atoms with E-state index in [4.69, 9.17) is 11.6 Å². The average Bonchev–Trinajstić information content (AvgIpc) is 2.96. The lowest BCUT2D eigenvalue weighted by molar-refractivity contribution is 0.294. The highest BCUT2D eigenvalue weighted by Gasteiger charge is 2.15. The molecule has 0 aliphatic carbocycles. The molecule has 1 aromatic heterocycles. The van der Waals surface area contributed by atoms with Crippen LogP contribution in [0.1, 0.15) is 33.1 Å². The molecule has 1 unspecified atom stereocenters. The van der Waals surface area contributed by atoms with Crippen LogP contribution in [0.3, 0.4) is 0 Å². The van der Waals surface area contributed by atoms with Crippen LogP contribution in [0.4, 0.5) is 5.69 Å². The van der Waals surface area contributed by atoms with E-state index in [0.717, 1.165) is 19.5 Å². The molecule has 0 aromatic carbocycles. The topological polar surface area (TPSA) is 50.2 Å². The maximum absolute atomic E-state index is 12.0. The van der Waals surface area contributed by atoms with Gasteiger partial charge in [0, 0.05) is 19.6 Å². The molecule has 1 aliphatic heterocycles. The van der Waals surface area contributed by atoms with Gasteiger partial charge in [-0.25, -0.2) is 4.68 Å². The fourth-order valence-corrected chi connectivity index (χ4v) is 2.93. The Labute approximate surface area is 131 Å². The average molecular weight is 313 g/mol. The lowest BCUT2D eigenvalue weighted by Gasteiger charge is -2.21. The lowest BCUT2D eigenvalue weighted by Crippen LogP contribution is -2.29. The van der Waals surface area contributed by atoms with Gasteiger partial charge in [0.15, 0.2) is 0 Å². The van der Waals surface area contributed by atoms with Crippen molar-refractivity contribution in [3.63, 3.8) is 0 Å². The molecular weight excluding hydrogens is 288 g/mol. The van der Waals surface area contributed by atoms with E-state index in [2.05, 4.69) is 22.2 Å². The van der Waals surface area contributed by atoms with Crippen molar-refractivity contribution in [1.82, 2.24) is 14.7 Å². The highest BCUT2D eigenvalue weighted by molar-refractivity contribution is 6.32. The second-order valence-corrected chi connectivity index (χ2v) is 6.27. The van der Waals surface area contributed by atoms with Gasteiger partial charge in [-0.3, -0.25) is 4.79 Å². The Balaban J connectivity index is 1.90. The molecule has 1 aromatic rings. The monoisotopic (exact) mass is 312 g/mol. The standard InChI is InChI=1S/C15H25ClN4O/c1-3-6-20-15(21)14(16)13(10-18-20)17-9-12(2)11-19-7-4-5-8-19/h10,12,17H,3-9,11H2,1-2H3. The Bertz CT molecular complexity index is 511. The van der Waals surface area contributed by atoms with Gasteiger partial charge < -0.3 is 10.2 Å². The van der Waals surface area contributed by atoms with Crippen LogP contribution in [-0.4, -0.2) is 40.9 Å². The van der Waals surface area contributed by atoms with Crippen LogP contribution in [0, 0.1) is 5.92 Å². The maximum Gasteiger partial charge on any atom is 0.287 e. The van der Waals surface area contributed by atoms with Gasteiger partial charge >= 0.3 is 0 Å². The fourth-order valence-electron chi connectivity index (χ4n) is 2.71. The second kappa shape index (κ2) is 7.80. The molecule has 0 spiro atoms. The fraction of sp³-hybridized carbons (Fsp3) is 0.733. The van der Waals surface area contributed by atoms with E-state index in [1.165, 1.54) is 30.6 Å². The summed E-state index contributed by atoms with van der Waals surface area (Å²) in [7, 11) is 0. The van der Waals surface area contributed by atoms with Crippen LogP contribution in [0.2, 0.25) is 5.02 Å². The third-order valence-corrected chi connectivity index (χ3v) is 4.20. The van der Waals surface area contributed by atoms with Gasteiger partial charge in [0.25, 0.3) is 5.56 Å². The summed E-state index contributed by atoms with van der Waals surface area (Å²) < 4.78 is 1.42. The Morgan fingerprint density at radius 1 is 1.43 bits per heavy atom. The first kappa shape index (κ1) is 16.3. The van der Waals surface area contributed by atoms with Crippen molar-refractivity contribution in [3.05, 3.63) is 21.6 Å². The molecule has 21 heavy (non-hydrogen) atoms. The van der Waals surface area contributed by atoms with E-state index in [-0.39, 0.29) is 10.6 Å². The zero-order valence-corrected chi connectivity index (χ0v) is 13.7. The van der Waals surface area contributed by atoms with Crippen LogP contribution < -0.4 is 10.9 Å². The Kier molecular flexibility index (Phi) is 6.06. The molecule has 0 saturated carbocycles. The zero-order valence-electron chi connectivity index (χ0n) is 12.9. The molecule has 0 amide bonds. The van der Waals surface area contributed by atoms with Crippen LogP contribution in [0.15, 0.2) is 11.0 Å². The minimum atomic E-state index is -0.212. The summed E-state index contributed by atoms with van der Waals surface area (Å²) in [4.78, 5) is 14.5. The number of rotatable bonds is 7. The number of nitrogens with one attached hydrogen (secondary N) is 1. The molecule has 2 rings (SSSR count). The van der Waals surface area contributed by atoms with Crippen LogP contribution in [0.5, 0.6) is 0 Å². The molecule has 1 aliphatic rings. The second-order valence-electron chi connectivity index (χ2n) is 5.89. The normalized spacial score (nSPS) is 17.1. The van der Waals surface area contributed by atoms with Gasteiger partial charge in [-0.05, 0) is 38.3 Å². The maximum atomic E-state index is 12.0. The van der Waals surface area contributed by atoms with Crippen molar-refractivity contribution in [2.45, 2.75) is 39.7 Å². The Morgan fingerprint density at radius 2 is 2.14 bits per heavy atom. The van der Waals surface area contributed by atoms with E-state index in [1.807, 2.05) is 6.92 Å². The third kappa shape index (κ3) is 4.45. The summed E-state index contributed by atoms with van der Waals surface area (Å²) in [6.45, 7) is 9.13. The summed E-state index contributed by atoms with van der Waals surface area (Å²) in [5.74, 6) is 0.511. The van der Waals surface area contributed by atoms with Gasteiger partial charge in [-0.15, -0.1) is 0 Å². The highest BCUT2D eigenvalue weighted by atomic mass is 35.5. The van der Waals surface area contributed by atoms with E-state index >= 15 is 0 Å². The molecule has 1 atom stereocenters. The zero-order chi connectivity index (χ0) is 15.2. The smallest absolute Gasteiger partial charge is 0.287 e. The Hall–Kier alpha value is -1.07. The number of anilines is 1. The number of halogens is 1. The van der Waals surface area contributed by atoms with Crippen LogP contribution >= 0.6 is 11.6 Å². The quantitative estimate of drug-likeness (QED) is 0.840. The van der Waals surface area contributed by atoms with Gasteiger partial charge in [0.05, 0.1) is 11.9 Å². The first-order valence-electron chi connectivity index (χ1n) is 7.83. The predicted octanol–water partition coefficient (Wildman–Crippen LogP) is 2.45. The number of aryl methyl sites for hydroxylation is 1. The molecule has 118 valence electrons. The molecule has 1 fully saturated rings. The minimum absolute atomic E-state index is 0.212. The van der Waals surface area contributed by atoms with E-state index in [0.29, 0.717) is 18.2 Å². The predicted molar refractivity (Wildman–Crippen MR) is 87.1 cm³/mol. The molecule has 6 heteroatoms. The van der Waals surface area contributed by atoms with Crippen LogP contribution in [0.25, 0.3) is 0 Å². The minimum Gasteiger partial charge on any atom is -0.382 e. The highest BCUT2D eigenvalue weighted by Crippen LogP contribution is 2.16. The van der Waals surface area contributed by atoms with Gasteiger partial charge in [0.2, 0.25) is 0 Å². The summed E-state index contributed by atoms with van der Waals surface area (Å²) in [5.41, 5.74) is 0.429. The first-order valence-corrected chi connectivity index (χ1v) is 8.21. The largest absolute Gasteiger partial charge is 0.382 e. The Morgan fingerprint density at radius 3 is 2.81 bits per heavy atom. The SMILES string of the molecule is CCCn1ncc(NCC(C)CN2CCCC2)c(Cl)c1=O. The molecule has 2 heterocycles. The van der Waals surface area contributed by atoms with Crippen molar-refractivity contribution in [2.75, 3.05) is 31.5 Å². The number of aromatic nitrogens is 2. The molecule has 1 N–H and O–H groups in total. The lowest BCUT2D eigenvalue weighted by atomic mass is 10.1. The van der Waals surface area contributed by atoms with Gasteiger partial charge in [-0.2, -0.15) is 5.10 Å². The third-order valence-electron chi connectivity index (χ3n) is 3.83. The molecule has 0 radical (unpaired) electrons. The molecule has 1 saturated heterocycles.